The lowest BCUT2D eigenvalue weighted by molar-refractivity contribution is -0.137. The number of alkyl halides is 3. The van der Waals surface area contributed by atoms with Crippen molar-refractivity contribution in [1.29, 1.82) is 0 Å². The maximum Gasteiger partial charge on any atom is 0.418 e. The normalized spacial score (nSPS) is 20.1. The Morgan fingerprint density at radius 2 is 2.05 bits per heavy atom. The first-order valence-electron chi connectivity index (χ1n) is 6.16. The zero-order chi connectivity index (χ0) is 13.9. The fourth-order valence-corrected chi connectivity index (χ4v) is 2.15. The van der Waals surface area contributed by atoms with Crippen LogP contribution in [0.25, 0.3) is 0 Å². The van der Waals surface area contributed by atoms with Gasteiger partial charge in [0, 0.05) is 6.54 Å². The van der Waals surface area contributed by atoms with Crippen molar-refractivity contribution in [2.24, 2.45) is 5.92 Å². The highest BCUT2D eigenvalue weighted by Gasteiger charge is 2.34. The summed E-state index contributed by atoms with van der Waals surface area (Å²) >= 11 is 0. The van der Waals surface area contributed by atoms with E-state index in [0.717, 1.165) is 19.0 Å². The lowest BCUT2D eigenvalue weighted by Crippen LogP contribution is -2.37. The SMILES string of the molecule is O=C(Nc1ccccc1C(F)(F)F)C1CCCNC1. The van der Waals surface area contributed by atoms with Gasteiger partial charge < -0.3 is 10.6 Å². The van der Waals surface area contributed by atoms with Crippen LogP contribution in [0.1, 0.15) is 18.4 Å². The smallest absolute Gasteiger partial charge is 0.325 e. The van der Waals surface area contributed by atoms with E-state index in [9.17, 15) is 18.0 Å². The monoisotopic (exact) mass is 272 g/mol. The summed E-state index contributed by atoms with van der Waals surface area (Å²) in [5, 5.41) is 5.45. The van der Waals surface area contributed by atoms with Gasteiger partial charge in [0.25, 0.3) is 0 Å². The number of benzene rings is 1. The van der Waals surface area contributed by atoms with Crippen LogP contribution in [-0.4, -0.2) is 19.0 Å². The van der Waals surface area contributed by atoms with Crippen molar-refractivity contribution in [2.45, 2.75) is 19.0 Å². The van der Waals surface area contributed by atoms with E-state index in [2.05, 4.69) is 10.6 Å². The first kappa shape index (κ1) is 13.9. The number of nitrogens with one attached hydrogen (secondary N) is 2. The van der Waals surface area contributed by atoms with E-state index >= 15 is 0 Å². The summed E-state index contributed by atoms with van der Waals surface area (Å²) in [6.07, 6.45) is -2.90. The van der Waals surface area contributed by atoms with E-state index in [1.54, 1.807) is 0 Å². The summed E-state index contributed by atoms with van der Waals surface area (Å²) in [4.78, 5) is 11.9. The highest BCUT2D eigenvalue weighted by molar-refractivity contribution is 5.93. The van der Waals surface area contributed by atoms with Gasteiger partial charge in [-0.2, -0.15) is 13.2 Å². The molecule has 0 aliphatic carbocycles. The van der Waals surface area contributed by atoms with Gasteiger partial charge >= 0.3 is 6.18 Å². The van der Waals surface area contributed by atoms with Gasteiger partial charge in [-0.05, 0) is 31.5 Å². The quantitative estimate of drug-likeness (QED) is 0.869. The number of anilines is 1. The van der Waals surface area contributed by atoms with Crippen molar-refractivity contribution in [3.63, 3.8) is 0 Å². The summed E-state index contributed by atoms with van der Waals surface area (Å²) in [6, 6.07) is 5.02. The number of hydrogen-bond acceptors (Lipinski definition) is 2. The molecule has 1 amide bonds. The molecule has 3 nitrogen and oxygen atoms in total. The van der Waals surface area contributed by atoms with E-state index in [0.29, 0.717) is 13.0 Å². The van der Waals surface area contributed by atoms with Crippen molar-refractivity contribution in [1.82, 2.24) is 5.32 Å². The average Bonchev–Trinajstić information content (AvgIpc) is 2.39. The van der Waals surface area contributed by atoms with Crippen LogP contribution in [0.15, 0.2) is 24.3 Å². The van der Waals surface area contributed by atoms with E-state index in [1.807, 2.05) is 0 Å². The van der Waals surface area contributed by atoms with Crippen molar-refractivity contribution < 1.29 is 18.0 Å². The molecule has 1 aliphatic rings. The Morgan fingerprint density at radius 3 is 2.68 bits per heavy atom. The number of para-hydroxylation sites is 1. The van der Waals surface area contributed by atoms with Gasteiger partial charge in [-0.25, -0.2) is 0 Å². The molecule has 1 fully saturated rings. The number of amides is 1. The Bertz CT molecular complexity index is 453. The second kappa shape index (κ2) is 5.61. The Kier molecular flexibility index (Phi) is 4.09. The third kappa shape index (κ3) is 3.47. The number of carbonyl (C=O) groups excluding carboxylic acids is 1. The van der Waals surface area contributed by atoms with Crippen LogP contribution in [-0.2, 0) is 11.0 Å². The molecule has 2 N–H and O–H groups in total. The highest BCUT2D eigenvalue weighted by atomic mass is 19.4. The predicted molar refractivity (Wildman–Crippen MR) is 65.7 cm³/mol. The molecule has 1 aromatic carbocycles. The molecular weight excluding hydrogens is 257 g/mol. The first-order chi connectivity index (χ1) is 8.98. The molecule has 0 aromatic heterocycles. The van der Waals surface area contributed by atoms with E-state index in [4.69, 9.17) is 0 Å². The molecule has 1 saturated heterocycles. The third-order valence-corrected chi connectivity index (χ3v) is 3.16. The van der Waals surface area contributed by atoms with Crippen LogP contribution in [0.5, 0.6) is 0 Å². The minimum Gasteiger partial charge on any atom is -0.325 e. The van der Waals surface area contributed by atoms with Crippen LogP contribution in [0.3, 0.4) is 0 Å². The fourth-order valence-electron chi connectivity index (χ4n) is 2.15. The molecular formula is C13H15F3N2O. The van der Waals surface area contributed by atoms with Crippen LogP contribution in [0.4, 0.5) is 18.9 Å². The van der Waals surface area contributed by atoms with Gasteiger partial charge in [-0.15, -0.1) is 0 Å². The topological polar surface area (TPSA) is 41.1 Å². The number of carbonyl (C=O) groups is 1. The molecule has 1 heterocycles. The van der Waals surface area contributed by atoms with Gasteiger partial charge in [-0.3, -0.25) is 4.79 Å². The van der Waals surface area contributed by atoms with E-state index in [-0.39, 0.29) is 17.5 Å². The van der Waals surface area contributed by atoms with Gasteiger partial charge in [0.15, 0.2) is 0 Å². The lowest BCUT2D eigenvalue weighted by atomic mass is 9.98. The Hall–Kier alpha value is -1.56. The van der Waals surface area contributed by atoms with Gasteiger partial charge in [0.05, 0.1) is 17.2 Å². The molecule has 0 bridgehead atoms. The maximum atomic E-state index is 12.8. The average molecular weight is 272 g/mol. The molecule has 1 atom stereocenters. The van der Waals surface area contributed by atoms with E-state index in [1.165, 1.54) is 18.2 Å². The molecule has 1 aromatic rings. The molecule has 1 aliphatic heterocycles. The minimum absolute atomic E-state index is 0.175. The Morgan fingerprint density at radius 1 is 1.32 bits per heavy atom. The van der Waals surface area contributed by atoms with Crippen molar-refractivity contribution >= 4 is 11.6 Å². The fraction of sp³-hybridized carbons (Fsp3) is 0.462. The van der Waals surface area contributed by atoms with Crippen molar-refractivity contribution in [3.8, 4) is 0 Å². The summed E-state index contributed by atoms with van der Waals surface area (Å²) in [5.41, 5.74) is -0.988. The third-order valence-electron chi connectivity index (χ3n) is 3.16. The van der Waals surface area contributed by atoms with Crippen LogP contribution >= 0.6 is 0 Å². The van der Waals surface area contributed by atoms with Crippen LogP contribution in [0.2, 0.25) is 0 Å². The zero-order valence-corrected chi connectivity index (χ0v) is 10.3. The van der Waals surface area contributed by atoms with Crippen LogP contribution in [0, 0.1) is 5.92 Å². The van der Waals surface area contributed by atoms with Crippen LogP contribution < -0.4 is 10.6 Å². The largest absolute Gasteiger partial charge is 0.418 e. The first-order valence-corrected chi connectivity index (χ1v) is 6.16. The number of hydrogen-bond donors (Lipinski definition) is 2. The summed E-state index contributed by atoms with van der Waals surface area (Å²) < 4.78 is 38.3. The molecule has 19 heavy (non-hydrogen) atoms. The summed E-state index contributed by atoms with van der Waals surface area (Å²) in [5.74, 6) is -0.626. The molecule has 0 radical (unpaired) electrons. The zero-order valence-electron chi connectivity index (χ0n) is 10.3. The molecule has 2 rings (SSSR count). The number of halogens is 3. The molecule has 0 saturated carbocycles. The number of rotatable bonds is 2. The number of piperidine rings is 1. The van der Waals surface area contributed by atoms with Gasteiger partial charge in [0.2, 0.25) is 5.91 Å². The summed E-state index contributed by atoms with van der Waals surface area (Å²) in [7, 11) is 0. The molecule has 1 unspecified atom stereocenters. The Labute approximate surface area is 109 Å². The second-order valence-electron chi connectivity index (χ2n) is 4.58. The maximum absolute atomic E-state index is 12.8. The Balaban J connectivity index is 2.12. The lowest BCUT2D eigenvalue weighted by Gasteiger charge is -2.22. The van der Waals surface area contributed by atoms with Gasteiger partial charge in [-0.1, -0.05) is 12.1 Å². The van der Waals surface area contributed by atoms with Gasteiger partial charge in [0.1, 0.15) is 0 Å². The minimum atomic E-state index is -4.46. The predicted octanol–water partition coefficient (Wildman–Crippen LogP) is 2.64. The van der Waals surface area contributed by atoms with E-state index < -0.39 is 11.7 Å². The summed E-state index contributed by atoms with van der Waals surface area (Å²) in [6.45, 7) is 1.36. The second-order valence-corrected chi connectivity index (χ2v) is 4.58. The molecule has 0 spiro atoms. The highest BCUT2D eigenvalue weighted by Crippen LogP contribution is 2.34. The standard InChI is InChI=1S/C13H15F3N2O/c14-13(15,16)10-5-1-2-6-11(10)18-12(19)9-4-3-7-17-8-9/h1-2,5-6,9,17H,3-4,7-8H2,(H,18,19). The van der Waals surface area contributed by atoms with Crippen molar-refractivity contribution in [2.75, 3.05) is 18.4 Å². The van der Waals surface area contributed by atoms with Crippen molar-refractivity contribution in [3.05, 3.63) is 29.8 Å². The molecule has 104 valence electrons. The molecule has 6 heteroatoms.